The van der Waals surface area contributed by atoms with Gasteiger partial charge in [-0.2, -0.15) is 0 Å². The molecule has 0 unspecified atom stereocenters. The largest absolute Gasteiger partial charge is 0.458 e. The first-order valence-corrected chi connectivity index (χ1v) is 41.5. The van der Waals surface area contributed by atoms with Crippen LogP contribution >= 0.6 is 0 Å². The first kappa shape index (κ1) is 100. The molecule has 5 heterocycles. The Kier molecular flexibility index (Phi) is 36.2. The number of amides is 17. The summed E-state index contributed by atoms with van der Waals surface area (Å²) in [4.78, 5) is 267. The van der Waals surface area contributed by atoms with Crippen molar-refractivity contribution in [3.63, 3.8) is 0 Å². The van der Waals surface area contributed by atoms with E-state index in [0.717, 1.165) is 65.5 Å². The Labute approximate surface area is 731 Å². The number of aromatic nitrogens is 2. The molecule has 40 nitrogen and oxygen atoms in total. The molecule has 3 aliphatic rings. The van der Waals surface area contributed by atoms with E-state index in [9.17, 15) is 96.2 Å². The maximum Gasteiger partial charge on any atom is 0.410 e. The normalized spacial score (nSPS) is 14.0. The van der Waals surface area contributed by atoms with E-state index in [2.05, 4.69) is 21.3 Å². The zero-order valence-corrected chi connectivity index (χ0v) is 74.6. The van der Waals surface area contributed by atoms with Crippen molar-refractivity contribution in [1.29, 1.82) is 0 Å². The van der Waals surface area contributed by atoms with Crippen LogP contribution in [0.3, 0.4) is 0 Å². The molecule has 17 amide bonds. The first-order valence-electron chi connectivity index (χ1n) is 41.5. The molecule has 4 aromatic rings. The Morgan fingerprint density at radius 1 is 0.563 bits per heavy atom. The number of nitrogens with one attached hydrogen (secondary N) is 4. The number of pyridine rings is 2. The van der Waals surface area contributed by atoms with Gasteiger partial charge in [-0.3, -0.25) is 86.4 Å². The van der Waals surface area contributed by atoms with E-state index in [1.165, 1.54) is 94.5 Å². The number of fused-ring (bicyclic) bond motifs is 5. The van der Waals surface area contributed by atoms with Crippen molar-refractivity contribution < 1.29 is 101 Å². The highest BCUT2D eigenvalue weighted by Gasteiger charge is 2.46. The summed E-state index contributed by atoms with van der Waals surface area (Å²) in [6.07, 6.45) is 4.07. The molecule has 0 aliphatic carbocycles. The van der Waals surface area contributed by atoms with Gasteiger partial charge < -0.3 is 94.3 Å². The fourth-order valence-corrected chi connectivity index (χ4v) is 13.8. The summed E-state index contributed by atoms with van der Waals surface area (Å²) in [5, 5.41) is 23.5. The lowest BCUT2D eigenvalue weighted by molar-refractivity contribution is -0.172. The Morgan fingerprint density at radius 3 is 1.52 bits per heavy atom. The molecule has 2 aromatic carbocycles. The van der Waals surface area contributed by atoms with Crippen molar-refractivity contribution in [2.75, 3.05) is 161 Å². The minimum atomic E-state index is -2.01. The number of hydrogen-bond donors (Lipinski definition) is 5. The second-order valence-corrected chi connectivity index (χ2v) is 32.6. The van der Waals surface area contributed by atoms with E-state index in [-0.39, 0.29) is 108 Å². The second kappa shape index (κ2) is 45.6. The van der Waals surface area contributed by atoms with Crippen molar-refractivity contribution in [2.24, 2.45) is 5.92 Å². The van der Waals surface area contributed by atoms with Crippen molar-refractivity contribution >= 4 is 123 Å². The molecule has 126 heavy (non-hydrogen) atoms. The van der Waals surface area contributed by atoms with E-state index in [4.69, 9.17) is 14.5 Å². The molecular formula is C86H118N18O22. The lowest BCUT2D eigenvalue weighted by Crippen LogP contribution is -2.54. The monoisotopic (exact) mass is 1750 g/mol. The quantitative estimate of drug-likeness (QED) is 0.0188. The number of ether oxygens (including phenoxy) is 2. The first-order chi connectivity index (χ1) is 59.3. The number of rotatable bonds is 44. The standard InChI is InChI=1S/C86H118N18O22/c1-17-86(124)62-39-65-80-60(40-104(65)83(121)61(62)52-125-84(86)122)58(59-25-20-21-26-63(59)89-80)35-38-102(54(4)5)85(123)126-51-56-29-31-57(32-30-56)88-81(119)64(90-82(120)79(53(2)3)91-66(106)28-19-18-24-37-103-68(108)33-34-69(103)109)27-22-23-36-87-67(107)41-93(8)71(111)43-95(10)73(113)45-97(12)75(115)47-99(14)77(117)49-101(16)78(118)50-100(15)76(116)48-98(13)74(114)46-96(11)72(112)44-94(9)70(110)42-92(7)55(6)105/h20-21,25-26,29-34,39,53-54,64,79,124H,17-19,22-24,27-28,35-38,40-52H2,1-16H3,(H,87,107)(H,88,119)(H,90,120)(H,91,106)/t64-,79-,86-/m0/s1. The van der Waals surface area contributed by atoms with Gasteiger partial charge >= 0.3 is 12.1 Å². The van der Waals surface area contributed by atoms with Gasteiger partial charge in [-0.05, 0) is 100 Å². The van der Waals surface area contributed by atoms with Crippen molar-refractivity contribution in [1.82, 2.24) is 84.3 Å². The lowest BCUT2D eigenvalue weighted by Gasteiger charge is -2.31. The molecule has 2 aromatic heterocycles. The van der Waals surface area contributed by atoms with Gasteiger partial charge in [0.15, 0.2) is 5.60 Å². The number of nitrogens with zero attached hydrogens (tertiary/aromatic N) is 14. The number of unbranched alkanes of at least 4 members (excludes halogenated alkanes) is 3. The number of cyclic esters (lactones) is 1. The number of esters is 1. The van der Waals surface area contributed by atoms with E-state index >= 15 is 0 Å². The summed E-state index contributed by atoms with van der Waals surface area (Å²) < 4.78 is 12.7. The Bertz CT molecular complexity index is 4880. The Morgan fingerprint density at radius 2 is 1.05 bits per heavy atom. The molecular weight excluding hydrogens is 1640 g/mol. The molecule has 0 saturated heterocycles. The van der Waals surface area contributed by atoms with Crippen LogP contribution < -0.4 is 26.8 Å². The van der Waals surface area contributed by atoms with Gasteiger partial charge in [0, 0.05) is 144 Å². The molecule has 684 valence electrons. The van der Waals surface area contributed by atoms with Gasteiger partial charge in [-0.15, -0.1) is 0 Å². The van der Waals surface area contributed by atoms with Crippen LogP contribution in [0.25, 0.3) is 22.3 Å². The number of aliphatic hydroxyl groups is 1. The number of hydrogen-bond acceptors (Lipinski definition) is 23. The number of likely N-dealkylation sites (N-methyl/N-ethyl adjacent to an activating group) is 10. The summed E-state index contributed by atoms with van der Waals surface area (Å²) in [7, 11) is 13.3. The Balaban J connectivity index is 0.867. The number of anilines is 1. The molecule has 0 fully saturated rings. The summed E-state index contributed by atoms with van der Waals surface area (Å²) in [6.45, 7) is 5.73. The number of para-hydroxylation sites is 1. The zero-order valence-electron chi connectivity index (χ0n) is 74.6. The number of imide groups is 1. The third-order valence-corrected chi connectivity index (χ3v) is 22.2. The van der Waals surface area contributed by atoms with E-state index < -0.39 is 182 Å². The van der Waals surface area contributed by atoms with Crippen LogP contribution in [-0.2, 0) is 123 Å². The number of carbonyl (C=O) groups is 18. The van der Waals surface area contributed by atoms with Gasteiger partial charge in [-0.1, -0.05) is 57.5 Å². The van der Waals surface area contributed by atoms with Gasteiger partial charge in [-0.25, -0.2) is 14.6 Å². The summed E-state index contributed by atoms with van der Waals surface area (Å²) >= 11 is 0. The maximum absolute atomic E-state index is 14.3. The van der Waals surface area contributed by atoms with E-state index in [1.807, 2.05) is 38.1 Å². The second-order valence-electron chi connectivity index (χ2n) is 32.6. The predicted molar refractivity (Wildman–Crippen MR) is 457 cm³/mol. The van der Waals surface area contributed by atoms with Crippen LogP contribution in [0.5, 0.6) is 0 Å². The molecule has 0 saturated carbocycles. The zero-order chi connectivity index (χ0) is 93.5. The van der Waals surface area contributed by atoms with Crippen molar-refractivity contribution in [3.8, 4) is 11.4 Å². The molecule has 5 N–H and O–H groups in total. The summed E-state index contributed by atoms with van der Waals surface area (Å²) in [6, 6.07) is 13.0. The lowest BCUT2D eigenvalue weighted by atomic mass is 9.86. The average molecular weight is 1760 g/mol. The highest BCUT2D eigenvalue weighted by Crippen LogP contribution is 2.41. The molecule has 0 radical (unpaired) electrons. The molecule has 7 rings (SSSR count). The molecule has 3 aliphatic heterocycles. The van der Waals surface area contributed by atoms with Crippen LogP contribution in [-0.4, -0.2) is 354 Å². The van der Waals surface area contributed by atoms with E-state index in [0.29, 0.717) is 53.8 Å². The molecule has 0 spiro atoms. The van der Waals surface area contributed by atoms with Crippen LogP contribution in [0.4, 0.5) is 10.5 Å². The topological polar surface area (TPSA) is 468 Å². The van der Waals surface area contributed by atoms with Gasteiger partial charge in [0.1, 0.15) is 25.3 Å². The molecule has 3 atom stereocenters. The third-order valence-electron chi connectivity index (χ3n) is 22.2. The maximum atomic E-state index is 14.3. The van der Waals surface area contributed by atoms with Crippen molar-refractivity contribution in [3.05, 3.63) is 105 Å². The van der Waals surface area contributed by atoms with Gasteiger partial charge in [0.25, 0.3) is 17.4 Å². The molecule has 0 bridgehead atoms. The van der Waals surface area contributed by atoms with Crippen LogP contribution in [0.2, 0.25) is 0 Å². The van der Waals surface area contributed by atoms with Crippen molar-refractivity contribution in [2.45, 2.75) is 143 Å². The average Bonchev–Trinajstić information content (AvgIpc) is 1.52. The van der Waals surface area contributed by atoms with Crippen LogP contribution in [0.1, 0.15) is 121 Å². The SMILES string of the molecule is CC[C@@]1(O)C(=O)OCc2c1cc1n(c2=O)Cc2c-1nc1ccccc1c2CCN(C(=O)OCc1ccc(NC(=O)[C@H](CCCCNC(=O)CN(C)C(=O)CN(C)C(=O)CN(C)C(=O)CN(C)C(=O)CN(C)C(=O)CN(C)C(=O)CN(C)C(=O)CN(C)C(=O)CN(C)C(=O)CN(C)C(C)=O)NC(=O)[C@@H](NC(=O)CCCCCN2C(=O)C=CC2=O)C(C)C)cc1)C(C)C. The Hall–Kier alpha value is -13.0. The minimum absolute atomic E-state index is 0.0152. The van der Waals surface area contributed by atoms with Crippen LogP contribution in [0.15, 0.2) is 71.5 Å². The molecule has 40 heteroatoms. The minimum Gasteiger partial charge on any atom is -0.458 e. The highest BCUT2D eigenvalue weighted by atomic mass is 16.6. The van der Waals surface area contributed by atoms with Gasteiger partial charge in [0.05, 0.1) is 94.5 Å². The fraction of sp³-hybridized carbons (Fsp3) is 0.535. The third kappa shape index (κ3) is 27.0. The summed E-state index contributed by atoms with van der Waals surface area (Å²) in [5.41, 5.74) is 2.09. The summed E-state index contributed by atoms with van der Waals surface area (Å²) in [5.74, 6) is -10.4. The smallest absolute Gasteiger partial charge is 0.410 e. The fourth-order valence-electron chi connectivity index (χ4n) is 13.8. The van der Waals surface area contributed by atoms with Crippen LogP contribution in [0, 0.1) is 5.92 Å². The van der Waals surface area contributed by atoms with E-state index in [1.54, 1.807) is 60.6 Å². The predicted octanol–water partition coefficient (Wildman–Crippen LogP) is -0.391. The number of benzene rings is 2. The highest BCUT2D eigenvalue weighted by molar-refractivity contribution is 6.13. The van der Waals surface area contributed by atoms with Gasteiger partial charge in [0.2, 0.25) is 82.7 Å². The number of carbonyl (C=O) groups excluding carboxylic acids is 18.